The van der Waals surface area contributed by atoms with Gasteiger partial charge in [0.15, 0.2) is 12.2 Å². The van der Waals surface area contributed by atoms with Crippen LogP contribution in [0.1, 0.15) is 63.5 Å². The highest BCUT2D eigenvalue weighted by atomic mass is 16.6. The Morgan fingerprint density at radius 1 is 0.500 bits per heavy atom. The molecule has 0 aliphatic rings. The first kappa shape index (κ1) is 38.0. The molecule has 5 aromatic rings. The predicted octanol–water partition coefficient (Wildman–Crippen LogP) is 9.73. The van der Waals surface area contributed by atoms with Gasteiger partial charge in [-0.15, -0.1) is 0 Å². The number of carbonyl (C=O) groups is 2. The van der Waals surface area contributed by atoms with Gasteiger partial charge in [0.1, 0.15) is 49.4 Å². The number of ether oxygens (including phenoxy) is 6. The third kappa shape index (κ3) is 10.9. The molecule has 0 saturated heterocycles. The molecule has 0 spiro atoms. The van der Waals surface area contributed by atoms with E-state index in [0.717, 1.165) is 58.4 Å². The van der Waals surface area contributed by atoms with Crippen molar-refractivity contribution in [2.45, 2.75) is 78.4 Å². The van der Waals surface area contributed by atoms with E-state index < -0.39 is 12.2 Å². The van der Waals surface area contributed by atoms with Crippen LogP contribution in [0.2, 0.25) is 0 Å². The summed E-state index contributed by atoms with van der Waals surface area (Å²) in [5.41, 5.74) is 2.15. The second-order valence-corrected chi connectivity index (χ2v) is 13.1. The third-order valence-corrected chi connectivity index (χ3v) is 8.58. The predicted molar refractivity (Wildman–Crippen MR) is 205 cm³/mol. The highest BCUT2D eigenvalue weighted by molar-refractivity contribution is 6.11. The molecule has 0 heterocycles. The second-order valence-electron chi connectivity index (χ2n) is 13.1. The smallest absolute Gasteiger partial charge is 0.306 e. The molecule has 5 aromatic carbocycles. The van der Waals surface area contributed by atoms with Gasteiger partial charge in [0.05, 0.1) is 0 Å². The highest BCUT2D eigenvalue weighted by Gasteiger charge is 2.23. The van der Waals surface area contributed by atoms with Crippen molar-refractivity contribution in [1.82, 2.24) is 0 Å². The van der Waals surface area contributed by atoms with Crippen LogP contribution in [-0.4, -0.2) is 50.6 Å². The average molecular weight is 707 g/mol. The summed E-state index contributed by atoms with van der Waals surface area (Å²) in [6.07, 6.45) is 2.66. The Morgan fingerprint density at radius 3 is 1.21 bits per heavy atom. The number of unbranched alkanes of at least 4 members (excludes halogenated alkanes) is 2. The molecule has 0 fully saturated rings. The maximum Gasteiger partial charge on any atom is 0.306 e. The summed E-state index contributed by atoms with van der Waals surface area (Å²) in [4.78, 5) is 25.5. The summed E-state index contributed by atoms with van der Waals surface area (Å²) in [6.45, 7) is 8.54. The molecule has 8 nitrogen and oxygen atoms in total. The first-order valence-electron chi connectivity index (χ1n) is 18.3. The van der Waals surface area contributed by atoms with Crippen molar-refractivity contribution in [2.75, 3.05) is 26.4 Å². The second kappa shape index (κ2) is 19.4. The maximum absolute atomic E-state index is 12.8. The minimum absolute atomic E-state index is 0.0873. The fraction of sp³-hybridized carbons (Fsp3) is 0.364. The largest absolute Gasteiger partial charge is 0.490 e. The van der Waals surface area contributed by atoms with E-state index in [9.17, 15) is 9.59 Å². The van der Waals surface area contributed by atoms with Gasteiger partial charge in [0, 0.05) is 34.4 Å². The zero-order valence-electron chi connectivity index (χ0n) is 30.7. The number of fused-ring (bicyclic) bond motifs is 2. The van der Waals surface area contributed by atoms with Gasteiger partial charge in [0.25, 0.3) is 0 Å². The molecular weight excluding hydrogens is 656 g/mol. The van der Waals surface area contributed by atoms with Crippen LogP contribution < -0.4 is 18.9 Å². The Labute approximate surface area is 306 Å². The van der Waals surface area contributed by atoms with E-state index in [1.54, 1.807) is 0 Å². The Bertz CT molecular complexity index is 1720. The van der Waals surface area contributed by atoms with Crippen LogP contribution in [-0.2, 0) is 19.1 Å². The molecular formula is C44H50O8. The summed E-state index contributed by atoms with van der Waals surface area (Å²) >= 11 is 0. The molecule has 2 atom stereocenters. The maximum atomic E-state index is 12.8. The molecule has 52 heavy (non-hydrogen) atoms. The summed E-state index contributed by atoms with van der Waals surface area (Å²) < 4.78 is 37.1. The number of hydrogen-bond acceptors (Lipinski definition) is 8. The highest BCUT2D eigenvalue weighted by Crippen LogP contribution is 2.43. The fourth-order valence-corrected chi connectivity index (χ4v) is 5.86. The SMILES string of the molecule is CCCCC(=O)OC(COc1cccc(C)c1)COc1c2ccccc2c(OCC(COc2cccc(C)c2)OC(=O)CCCC)c2ccccc12. The van der Waals surface area contributed by atoms with Crippen molar-refractivity contribution < 1.29 is 38.0 Å². The lowest BCUT2D eigenvalue weighted by Crippen LogP contribution is -2.31. The number of rotatable bonds is 20. The van der Waals surface area contributed by atoms with Crippen LogP contribution in [0.4, 0.5) is 0 Å². The van der Waals surface area contributed by atoms with Crippen LogP contribution in [0.5, 0.6) is 23.0 Å². The molecule has 2 unspecified atom stereocenters. The Morgan fingerprint density at radius 2 is 0.865 bits per heavy atom. The van der Waals surface area contributed by atoms with Crippen LogP contribution >= 0.6 is 0 Å². The minimum atomic E-state index is -0.644. The van der Waals surface area contributed by atoms with Crippen molar-refractivity contribution >= 4 is 33.5 Å². The normalized spacial score (nSPS) is 12.2. The monoisotopic (exact) mass is 706 g/mol. The molecule has 274 valence electrons. The van der Waals surface area contributed by atoms with E-state index in [0.29, 0.717) is 35.8 Å². The topological polar surface area (TPSA) is 89.5 Å². The molecule has 0 N–H and O–H groups in total. The fourth-order valence-electron chi connectivity index (χ4n) is 5.86. The van der Waals surface area contributed by atoms with E-state index in [1.165, 1.54) is 0 Å². The zero-order valence-corrected chi connectivity index (χ0v) is 30.7. The van der Waals surface area contributed by atoms with Crippen molar-refractivity contribution in [2.24, 2.45) is 0 Å². The lowest BCUT2D eigenvalue weighted by atomic mass is 10.0. The van der Waals surface area contributed by atoms with Crippen molar-refractivity contribution in [3.8, 4) is 23.0 Å². The molecule has 5 rings (SSSR count). The Kier molecular flexibility index (Phi) is 14.2. The molecule has 8 heteroatoms. The molecule has 0 bridgehead atoms. The van der Waals surface area contributed by atoms with Gasteiger partial charge in [0.2, 0.25) is 0 Å². The zero-order chi connectivity index (χ0) is 36.7. The van der Waals surface area contributed by atoms with Gasteiger partial charge >= 0.3 is 11.9 Å². The lowest BCUT2D eigenvalue weighted by molar-refractivity contribution is -0.153. The molecule has 0 saturated carbocycles. The van der Waals surface area contributed by atoms with Crippen molar-refractivity contribution in [3.05, 3.63) is 108 Å². The minimum Gasteiger partial charge on any atom is -0.490 e. The average Bonchev–Trinajstić information content (AvgIpc) is 3.15. The van der Waals surface area contributed by atoms with Crippen LogP contribution in [0.25, 0.3) is 21.5 Å². The first-order chi connectivity index (χ1) is 25.3. The van der Waals surface area contributed by atoms with Crippen LogP contribution in [0.15, 0.2) is 97.1 Å². The molecule has 0 radical (unpaired) electrons. The van der Waals surface area contributed by atoms with Crippen molar-refractivity contribution in [1.29, 1.82) is 0 Å². The van der Waals surface area contributed by atoms with E-state index in [4.69, 9.17) is 28.4 Å². The number of aryl methyl sites for hydroxylation is 2. The summed E-state index contributed by atoms with van der Waals surface area (Å²) in [5.74, 6) is 2.13. The van der Waals surface area contributed by atoms with Crippen LogP contribution in [0, 0.1) is 13.8 Å². The van der Waals surface area contributed by atoms with E-state index in [2.05, 4.69) is 0 Å². The lowest BCUT2D eigenvalue weighted by Gasteiger charge is -2.23. The number of esters is 2. The Hall–Kier alpha value is -5.24. The molecule has 0 aliphatic carbocycles. The standard InChI is InChI=1S/C44H50O8/c1-5-7-23-41(45)51-35(27-47-33-17-13-15-31(3)25-33)29-49-43-37-19-9-11-21-39(37)44(40-22-12-10-20-38(40)43)50-30-36(52-42(46)24-8-6-2)28-48-34-18-14-16-32(4)26-34/h9-22,25-26,35-36H,5-8,23-24,27-30H2,1-4H3. The van der Waals surface area contributed by atoms with E-state index in [-0.39, 0.29) is 38.4 Å². The number of hydrogen-bond donors (Lipinski definition) is 0. The van der Waals surface area contributed by atoms with Gasteiger partial charge in [-0.1, -0.05) is 99.5 Å². The van der Waals surface area contributed by atoms with E-state index in [1.807, 2.05) is 125 Å². The van der Waals surface area contributed by atoms with Gasteiger partial charge in [-0.3, -0.25) is 9.59 Å². The summed E-state index contributed by atoms with van der Waals surface area (Å²) in [6, 6.07) is 31.3. The molecule has 0 aromatic heterocycles. The van der Waals surface area contributed by atoms with Gasteiger partial charge < -0.3 is 28.4 Å². The quantitative estimate of drug-likeness (QED) is 0.0584. The summed E-state index contributed by atoms with van der Waals surface area (Å²) in [5, 5.41) is 3.33. The first-order valence-corrected chi connectivity index (χ1v) is 18.3. The molecule has 0 amide bonds. The molecule has 0 aliphatic heterocycles. The van der Waals surface area contributed by atoms with Gasteiger partial charge in [-0.25, -0.2) is 0 Å². The van der Waals surface area contributed by atoms with Crippen LogP contribution in [0.3, 0.4) is 0 Å². The van der Waals surface area contributed by atoms with E-state index >= 15 is 0 Å². The number of carbonyl (C=O) groups excluding carboxylic acids is 2. The van der Waals surface area contributed by atoms with Gasteiger partial charge in [-0.05, 0) is 62.1 Å². The summed E-state index contributed by atoms with van der Waals surface area (Å²) in [7, 11) is 0. The Balaban J connectivity index is 1.40. The van der Waals surface area contributed by atoms with Gasteiger partial charge in [-0.2, -0.15) is 0 Å². The van der Waals surface area contributed by atoms with Crippen molar-refractivity contribution in [3.63, 3.8) is 0 Å². The third-order valence-electron chi connectivity index (χ3n) is 8.58. The number of benzene rings is 5.